The van der Waals surface area contributed by atoms with E-state index in [1.165, 1.54) is 18.0 Å². The number of nitrogens with zero attached hydrogens (tertiary/aromatic N) is 2. The van der Waals surface area contributed by atoms with Gasteiger partial charge in [0.2, 0.25) is 0 Å². The molecule has 0 atom stereocenters. The fourth-order valence-corrected chi connectivity index (χ4v) is 3.54. The second kappa shape index (κ2) is 7.87. The molecule has 1 aromatic heterocycles. The van der Waals surface area contributed by atoms with Crippen LogP contribution in [0, 0.1) is 0 Å². The fraction of sp³-hybridized carbons (Fsp3) is 0.208. The number of anilines is 2. The SMILES string of the molecule is CC(C)c1ccc(NC(=O)c2cncc(C(=O)N3CCc4ccccc43)c2)cc1. The second-order valence-corrected chi connectivity index (χ2v) is 7.53. The van der Waals surface area contributed by atoms with E-state index in [4.69, 9.17) is 0 Å². The Morgan fingerprint density at radius 1 is 1.00 bits per heavy atom. The van der Waals surface area contributed by atoms with Gasteiger partial charge < -0.3 is 10.2 Å². The number of para-hydroxylation sites is 1. The number of carbonyl (C=O) groups is 2. The van der Waals surface area contributed by atoms with Gasteiger partial charge in [0, 0.05) is 30.3 Å². The molecule has 146 valence electrons. The van der Waals surface area contributed by atoms with Gasteiger partial charge in [-0.25, -0.2) is 0 Å². The Labute approximate surface area is 170 Å². The minimum Gasteiger partial charge on any atom is -0.322 e. The van der Waals surface area contributed by atoms with Crippen LogP contribution in [0.3, 0.4) is 0 Å². The quantitative estimate of drug-likeness (QED) is 0.710. The van der Waals surface area contributed by atoms with Gasteiger partial charge in [-0.3, -0.25) is 14.6 Å². The number of hydrogen-bond acceptors (Lipinski definition) is 3. The second-order valence-electron chi connectivity index (χ2n) is 7.53. The predicted octanol–water partition coefficient (Wildman–Crippen LogP) is 4.66. The van der Waals surface area contributed by atoms with E-state index in [0.29, 0.717) is 29.3 Å². The summed E-state index contributed by atoms with van der Waals surface area (Å²) in [7, 11) is 0. The van der Waals surface area contributed by atoms with Crippen molar-refractivity contribution < 1.29 is 9.59 Å². The topological polar surface area (TPSA) is 62.3 Å². The number of aromatic nitrogens is 1. The number of pyridine rings is 1. The highest BCUT2D eigenvalue weighted by molar-refractivity contribution is 6.10. The van der Waals surface area contributed by atoms with Crippen molar-refractivity contribution in [1.29, 1.82) is 0 Å². The molecule has 1 aliphatic heterocycles. The number of benzene rings is 2. The van der Waals surface area contributed by atoms with Crippen LogP contribution in [-0.2, 0) is 6.42 Å². The summed E-state index contributed by atoms with van der Waals surface area (Å²) in [5, 5.41) is 2.87. The lowest BCUT2D eigenvalue weighted by atomic mass is 10.0. The molecule has 3 aromatic rings. The van der Waals surface area contributed by atoms with Crippen molar-refractivity contribution in [3.05, 3.63) is 89.2 Å². The van der Waals surface area contributed by atoms with Crippen LogP contribution in [0.15, 0.2) is 67.0 Å². The summed E-state index contributed by atoms with van der Waals surface area (Å²) < 4.78 is 0. The summed E-state index contributed by atoms with van der Waals surface area (Å²) in [5.74, 6) is 0.00650. The zero-order valence-electron chi connectivity index (χ0n) is 16.6. The Morgan fingerprint density at radius 3 is 2.48 bits per heavy atom. The highest BCUT2D eigenvalue weighted by Gasteiger charge is 2.25. The first-order chi connectivity index (χ1) is 14.0. The standard InChI is InChI=1S/C24H23N3O2/c1-16(2)17-7-9-21(10-8-17)26-23(28)19-13-20(15-25-14-19)24(29)27-12-11-18-5-3-4-6-22(18)27/h3-10,13-16H,11-12H2,1-2H3,(H,26,28). The molecule has 0 saturated carbocycles. The van der Waals surface area contributed by atoms with Crippen LogP contribution >= 0.6 is 0 Å². The highest BCUT2D eigenvalue weighted by atomic mass is 16.2. The fourth-order valence-electron chi connectivity index (χ4n) is 3.54. The van der Waals surface area contributed by atoms with Crippen molar-refractivity contribution in [3.63, 3.8) is 0 Å². The Hall–Kier alpha value is -3.47. The molecule has 4 rings (SSSR count). The zero-order valence-corrected chi connectivity index (χ0v) is 16.6. The highest BCUT2D eigenvalue weighted by Crippen LogP contribution is 2.29. The number of fused-ring (bicyclic) bond motifs is 1. The molecular weight excluding hydrogens is 362 g/mol. The third-order valence-electron chi connectivity index (χ3n) is 5.21. The van der Waals surface area contributed by atoms with Crippen LogP contribution < -0.4 is 10.2 Å². The molecule has 5 nitrogen and oxygen atoms in total. The third-order valence-corrected chi connectivity index (χ3v) is 5.21. The molecule has 0 saturated heterocycles. The van der Waals surface area contributed by atoms with E-state index in [9.17, 15) is 9.59 Å². The lowest BCUT2D eigenvalue weighted by Gasteiger charge is -2.17. The largest absolute Gasteiger partial charge is 0.322 e. The molecule has 0 aliphatic carbocycles. The molecule has 2 amide bonds. The first-order valence-electron chi connectivity index (χ1n) is 9.79. The van der Waals surface area contributed by atoms with Crippen LogP contribution in [0.2, 0.25) is 0 Å². The van der Waals surface area contributed by atoms with Crippen molar-refractivity contribution in [2.75, 3.05) is 16.8 Å². The molecule has 0 fully saturated rings. The lowest BCUT2D eigenvalue weighted by Crippen LogP contribution is -2.29. The van der Waals surface area contributed by atoms with E-state index < -0.39 is 0 Å². The summed E-state index contributed by atoms with van der Waals surface area (Å²) in [6.07, 6.45) is 3.83. The number of carbonyl (C=O) groups excluding carboxylic acids is 2. The number of amides is 2. The average Bonchev–Trinajstić information content (AvgIpc) is 3.18. The van der Waals surface area contributed by atoms with Gasteiger partial charge in [-0.05, 0) is 47.7 Å². The van der Waals surface area contributed by atoms with Gasteiger partial charge >= 0.3 is 0 Å². The number of nitrogens with one attached hydrogen (secondary N) is 1. The summed E-state index contributed by atoms with van der Waals surface area (Å²) in [6, 6.07) is 17.3. The normalized spacial score (nSPS) is 12.7. The first kappa shape index (κ1) is 18.9. The first-order valence-corrected chi connectivity index (χ1v) is 9.79. The van der Waals surface area contributed by atoms with Crippen LogP contribution in [0.4, 0.5) is 11.4 Å². The summed E-state index contributed by atoms with van der Waals surface area (Å²) in [6.45, 7) is 4.89. The van der Waals surface area contributed by atoms with Crippen molar-refractivity contribution in [3.8, 4) is 0 Å². The van der Waals surface area contributed by atoms with Crippen LogP contribution in [0.5, 0.6) is 0 Å². The molecule has 1 aliphatic rings. The maximum Gasteiger partial charge on any atom is 0.259 e. The predicted molar refractivity (Wildman–Crippen MR) is 115 cm³/mol. The summed E-state index contributed by atoms with van der Waals surface area (Å²) in [4.78, 5) is 31.5. The average molecular weight is 385 g/mol. The Kier molecular flexibility index (Phi) is 5.12. The lowest BCUT2D eigenvalue weighted by molar-refractivity contribution is 0.0989. The minimum atomic E-state index is -0.286. The molecular formula is C24H23N3O2. The number of hydrogen-bond donors (Lipinski definition) is 1. The Balaban J connectivity index is 1.51. The minimum absolute atomic E-state index is 0.140. The Morgan fingerprint density at radius 2 is 1.72 bits per heavy atom. The van der Waals surface area contributed by atoms with E-state index >= 15 is 0 Å². The van der Waals surface area contributed by atoms with Gasteiger partial charge in [0.1, 0.15) is 0 Å². The van der Waals surface area contributed by atoms with Crippen molar-refractivity contribution >= 4 is 23.2 Å². The molecule has 2 heterocycles. The van der Waals surface area contributed by atoms with E-state index in [1.54, 1.807) is 11.0 Å². The summed E-state index contributed by atoms with van der Waals surface area (Å²) >= 11 is 0. The Bertz CT molecular complexity index is 1060. The van der Waals surface area contributed by atoms with Gasteiger partial charge in [-0.15, -0.1) is 0 Å². The summed E-state index contributed by atoms with van der Waals surface area (Å²) in [5.41, 5.74) is 4.78. The monoisotopic (exact) mass is 385 g/mol. The maximum absolute atomic E-state index is 13.0. The number of rotatable bonds is 4. The molecule has 0 unspecified atom stereocenters. The molecule has 0 spiro atoms. The van der Waals surface area contributed by atoms with Gasteiger partial charge in [-0.2, -0.15) is 0 Å². The smallest absolute Gasteiger partial charge is 0.259 e. The van der Waals surface area contributed by atoms with Gasteiger partial charge in [-0.1, -0.05) is 44.2 Å². The van der Waals surface area contributed by atoms with E-state index in [-0.39, 0.29) is 11.8 Å². The van der Waals surface area contributed by atoms with Gasteiger partial charge in [0.05, 0.1) is 11.1 Å². The van der Waals surface area contributed by atoms with E-state index in [2.05, 4.69) is 24.1 Å². The molecule has 0 bridgehead atoms. The van der Waals surface area contributed by atoms with E-state index in [0.717, 1.165) is 17.7 Å². The third kappa shape index (κ3) is 3.90. The molecule has 29 heavy (non-hydrogen) atoms. The van der Waals surface area contributed by atoms with Crippen molar-refractivity contribution in [2.45, 2.75) is 26.2 Å². The van der Waals surface area contributed by atoms with E-state index in [1.807, 2.05) is 48.5 Å². The van der Waals surface area contributed by atoms with Crippen LogP contribution in [-0.4, -0.2) is 23.3 Å². The molecule has 1 N–H and O–H groups in total. The molecule has 5 heteroatoms. The van der Waals surface area contributed by atoms with Gasteiger partial charge in [0.25, 0.3) is 11.8 Å². The van der Waals surface area contributed by atoms with Crippen molar-refractivity contribution in [1.82, 2.24) is 4.98 Å². The molecule has 0 radical (unpaired) electrons. The maximum atomic E-state index is 13.0. The van der Waals surface area contributed by atoms with Crippen LogP contribution in [0.25, 0.3) is 0 Å². The van der Waals surface area contributed by atoms with Crippen molar-refractivity contribution in [2.24, 2.45) is 0 Å². The molecule has 2 aromatic carbocycles. The van der Waals surface area contributed by atoms with Gasteiger partial charge in [0.15, 0.2) is 0 Å². The van der Waals surface area contributed by atoms with Crippen LogP contribution in [0.1, 0.15) is 51.6 Å². The zero-order chi connectivity index (χ0) is 20.4.